The van der Waals surface area contributed by atoms with Gasteiger partial charge in [0.25, 0.3) is 11.7 Å². The Morgan fingerprint density at radius 3 is 1.84 bits per heavy atom. The molecule has 0 bridgehead atoms. The molecule has 0 aliphatic carbocycles. The fourth-order valence-electron chi connectivity index (χ4n) is 10.4. The number of phenols is 2. The topological polar surface area (TPSA) is 636 Å². The van der Waals surface area contributed by atoms with E-state index >= 15 is 0 Å². The molecule has 40 nitrogen and oxygen atoms in total. The van der Waals surface area contributed by atoms with Crippen LogP contribution in [-0.2, 0) is 68.7 Å². The van der Waals surface area contributed by atoms with Gasteiger partial charge in [0, 0.05) is 57.1 Å². The number of benzene rings is 1. The van der Waals surface area contributed by atoms with E-state index in [4.69, 9.17) is 17.2 Å². The van der Waals surface area contributed by atoms with Crippen LogP contribution in [0, 0.1) is 0 Å². The number of hydroxylamine groups is 4. The predicted octanol–water partition coefficient (Wildman–Crippen LogP) is -10.0. The number of carboxylic acids is 1. The monoisotopic (exact) mass is 1370 g/mol. The zero-order chi connectivity index (χ0) is 71.5. The standard InChI is InChI=1S/C56H88N18O22/c1-27(79)43-53(91)61-15-4-3-8-31(46(84)65-34(11-7-19-73(96)26-78)49(87)70-44(28(2)80)54(92)71-43)64-47(85)33(10-6-18-72(95)25-77)67-50(88)36(23-75)68-48(86)32(9-5-16-62-56(58)59)66-51(89)37(24-76)69-52(90)38-14-17-60-45-35(63-42(83)13-12-30(57)55(93)94)20-29-21-40(81)41(82)22-39(29)74(38)45/h21-22,25-28,30-38,43-44,75-76,79-80,95-96H,3-20,23-24,57H2,1-2H3,(H17,58,59,61,62,63,64,65,66,67,68,69,70,71,81,82,83,84,85,86,87,88,89,90,91,92,93,94)/p+1/t27?,28?,30-,31-,32-,33-,34-,35?,36-,37-,38-,43-,44-/m0/s1. The number of carbonyl (C=O) groups excluding carboxylic acids is 12. The first kappa shape index (κ1) is 78.8. The maximum Gasteiger partial charge on any atom is 0.320 e. The van der Waals surface area contributed by atoms with Gasteiger partial charge in [0.15, 0.2) is 23.5 Å². The van der Waals surface area contributed by atoms with Gasteiger partial charge in [-0.25, -0.2) is 14.7 Å². The van der Waals surface area contributed by atoms with Crippen LogP contribution in [0.3, 0.4) is 0 Å². The van der Waals surface area contributed by atoms with Crippen LogP contribution in [-0.4, -0.2) is 275 Å². The van der Waals surface area contributed by atoms with Gasteiger partial charge in [0.05, 0.1) is 32.0 Å². The Balaban J connectivity index is 1.62. The SMILES string of the molecule is CC(O)[C@@H]1NC(=O)[C@H](CCCN(O)C=O)NC(=O)[C@@H](NC(=O)[C@H](CCCN(O)C=O)NC(=O)[C@H](CO)NC(=O)[C@H](CCCN=C(N)N)NC(=O)[C@H](CO)NC(=O)[C@@H]2CCNC3=[N+]2c2cc(O)c(O)cc2CC3NC(=O)CC[C@H](N)C(=O)O)CCCCNC(=O)[C@H](C(C)O)NC1=O. The minimum atomic E-state index is -1.96. The van der Waals surface area contributed by atoms with E-state index in [0.717, 1.165) is 6.92 Å². The molecular weight excluding hydrogens is 1280 g/mol. The molecule has 0 saturated carbocycles. The molecule has 0 spiro atoms. The van der Waals surface area contributed by atoms with Crippen LogP contribution >= 0.6 is 0 Å². The lowest BCUT2D eigenvalue weighted by atomic mass is 9.94. The molecule has 1 aromatic carbocycles. The number of nitrogens with two attached hydrogens (primary N) is 3. The molecule has 3 heterocycles. The van der Waals surface area contributed by atoms with Crippen molar-refractivity contribution in [1.82, 2.24) is 68.6 Å². The molecule has 3 aliphatic heterocycles. The van der Waals surface area contributed by atoms with Gasteiger partial charge in [-0.1, -0.05) is 0 Å². The third kappa shape index (κ3) is 24.0. The molecule has 96 heavy (non-hydrogen) atoms. The summed E-state index contributed by atoms with van der Waals surface area (Å²) in [6, 6.07) is -15.0. The summed E-state index contributed by atoms with van der Waals surface area (Å²) in [6.45, 7) is -0.929. The predicted molar refractivity (Wildman–Crippen MR) is 329 cm³/mol. The minimum Gasteiger partial charge on any atom is -0.504 e. The highest BCUT2D eigenvalue weighted by Gasteiger charge is 2.45. The summed E-state index contributed by atoms with van der Waals surface area (Å²) in [6.07, 6.45) is -5.31. The molecule has 1 fully saturated rings. The van der Waals surface area contributed by atoms with Crippen LogP contribution in [0.25, 0.3) is 0 Å². The van der Waals surface area contributed by atoms with Crippen molar-refractivity contribution in [3.8, 4) is 11.5 Å². The average molecular weight is 1370 g/mol. The number of aliphatic hydroxyl groups excluding tert-OH is 4. The van der Waals surface area contributed by atoms with Crippen molar-refractivity contribution in [3.63, 3.8) is 0 Å². The van der Waals surface area contributed by atoms with Crippen molar-refractivity contribution in [2.45, 2.75) is 176 Å². The Morgan fingerprint density at radius 1 is 0.677 bits per heavy atom. The molecule has 0 aromatic heterocycles. The smallest absolute Gasteiger partial charge is 0.320 e. The van der Waals surface area contributed by atoms with Crippen molar-refractivity contribution in [2.75, 3.05) is 45.9 Å². The summed E-state index contributed by atoms with van der Waals surface area (Å²) in [4.78, 5) is 177. The number of carboxylic acid groups (broad SMARTS) is 1. The summed E-state index contributed by atoms with van der Waals surface area (Å²) in [5.41, 5.74) is 17.1. The Labute approximate surface area is 548 Å². The number of aliphatic imine (C=N–C) groups is 1. The van der Waals surface area contributed by atoms with Gasteiger partial charge in [0.2, 0.25) is 66.0 Å². The minimum absolute atomic E-state index is 0.00480. The summed E-state index contributed by atoms with van der Waals surface area (Å²) < 4.78 is 1.41. The molecular formula is C56H89N18O22+. The van der Waals surface area contributed by atoms with Crippen LogP contribution in [0.15, 0.2) is 17.1 Å². The van der Waals surface area contributed by atoms with Gasteiger partial charge in [-0.2, -0.15) is 0 Å². The Kier molecular flexibility index (Phi) is 31.8. The molecule has 40 heteroatoms. The number of carbonyl (C=O) groups is 13. The number of nitrogens with zero attached hydrogens (tertiary/aromatic N) is 4. The Hall–Kier alpha value is -9.61. The molecule has 13 atom stereocenters. The zero-order valence-electron chi connectivity index (χ0n) is 52.8. The number of guanidine groups is 1. The highest BCUT2D eigenvalue weighted by atomic mass is 16.5. The summed E-state index contributed by atoms with van der Waals surface area (Å²) in [5.74, 6) is -13.0. The van der Waals surface area contributed by atoms with Crippen molar-refractivity contribution in [1.29, 1.82) is 0 Å². The lowest BCUT2D eigenvalue weighted by Gasteiger charge is -2.34. The van der Waals surface area contributed by atoms with Gasteiger partial charge in [0.1, 0.15) is 66.1 Å². The third-order valence-corrected chi connectivity index (χ3v) is 15.6. The largest absolute Gasteiger partial charge is 0.504 e. The van der Waals surface area contributed by atoms with E-state index in [1.807, 2.05) is 0 Å². The molecule has 12 amide bonds. The normalized spacial score (nSPS) is 21.3. The molecule has 4 rings (SSSR count). The lowest BCUT2D eigenvalue weighted by Crippen LogP contribution is -2.63. The van der Waals surface area contributed by atoms with E-state index in [0.29, 0.717) is 5.56 Å². The second-order valence-corrected chi connectivity index (χ2v) is 23.0. The highest BCUT2D eigenvalue weighted by molar-refractivity contribution is 5.99. The average Bonchev–Trinajstić information content (AvgIpc) is 0.750. The fourth-order valence-corrected chi connectivity index (χ4v) is 10.4. The molecule has 534 valence electrons. The highest BCUT2D eigenvalue weighted by Crippen LogP contribution is 2.38. The van der Waals surface area contributed by atoms with E-state index < -0.39 is 181 Å². The second kappa shape index (κ2) is 38.7. The molecule has 1 saturated heterocycles. The number of aliphatic hydroxyl groups is 4. The van der Waals surface area contributed by atoms with Crippen molar-refractivity contribution in [3.05, 3.63) is 17.7 Å². The number of amides is 12. The summed E-state index contributed by atoms with van der Waals surface area (Å²) >= 11 is 0. The van der Waals surface area contributed by atoms with Crippen molar-refractivity contribution >= 4 is 95.3 Å². The van der Waals surface area contributed by atoms with Gasteiger partial charge >= 0.3 is 5.97 Å². The van der Waals surface area contributed by atoms with Crippen LogP contribution in [0.5, 0.6) is 11.5 Å². The first-order valence-corrected chi connectivity index (χ1v) is 30.8. The van der Waals surface area contributed by atoms with Crippen molar-refractivity contribution in [2.24, 2.45) is 22.2 Å². The number of phenolic OH excluding ortho intramolecular Hbond substituents is 2. The zero-order valence-corrected chi connectivity index (χ0v) is 52.8. The van der Waals surface area contributed by atoms with Gasteiger partial charge in [-0.15, -0.1) is 0 Å². The van der Waals surface area contributed by atoms with Crippen LogP contribution < -0.4 is 75.7 Å². The molecule has 0 radical (unpaired) electrons. The Bertz CT molecular complexity index is 3010. The molecule has 1 aromatic rings. The number of fused-ring (bicyclic) bond motifs is 2. The van der Waals surface area contributed by atoms with Crippen molar-refractivity contribution < 1.29 is 113 Å². The van der Waals surface area contributed by atoms with E-state index in [1.54, 1.807) is 0 Å². The number of aromatic hydroxyl groups is 2. The fraction of sp³-hybridized carbons (Fsp3) is 0.625. The Morgan fingerprint density at radius 2 is 1.24 bits per heavy atom. The van der Waals surface area contributed by atoms with E-state index in [2.05, 4.69) is 63.5 Å². The summed E-state index contributed by atoms with van der Waals surface area (Å²) in [7, 11) is 0. The molecule has 26 N–H and O–H groups in total. The number of rotatable bonds is 33. The third-order valence-electron chi connectivity index (χ3n) is 15.6. The van der Waals surface area contributed by atoms with E-state index in [-0.39, 0.29) is 144 Å². The number of hydrogen-bond donors (Lipinski definition) is 23. The maximum absolute atomic E-state index is 14.4. The van der Waals surface area contributed by atoms with Crippen LogP contribution in [0.2, 0.25) is 0 Å². The second-order valence-electron chi connectivity index (χ2n) is 23.0. The maximum atomic E-state index is 14.4. The quantitative estimate of drug-likeness (QED) is 0.00454. The number of aliphatic carboxylic acids is 1. The van der Waals surface area contributed by atoms with Gasteiger partial charge < -0.3 is 106 Å². The molecule has 3 unspecified atom stereocenters. The summed E-state index contributed by atoms with van der Waals surface area (Å²) in [5, 5.41) is 120. The number of hydrogen-bond acceptors (Lipinski definition) is 24. The number of amidine groups is 1. The number of nitrogens with one attached hydrogen (secondary N) is 11. The first-order chi connectivity index (χ1) is 45.4. The van der Waals surface area contributed by atoms with E-state index in [1.165, 1.54) is 23.6 Å². The first-order valence-electron chi connectivity index (χ1n) is 30.8. The van der Waals surface area contributed by atoms with Crippen LogP contribution in [0.4, 0.5) is 5.69 Å². The molecule has 3 aliphatic rings. The van der Waals surface area contributed by atoms with Gasteiger partial charge in [-0.3, -0.25) is 83.1 Å². The lowest BCUT2D eigenvalue weighted by molar-refractivity contribution is -0.482. The van der Waals surface area contributed by atoms with E-state index in [9.17, 15) is 108 Å². The van der Waals surface area contributed by atoms with Crippen LogP contribution in [0.1, 0.15) is 96.5 Å². The van der Waals surface area contributed by atoms with Gasteiger partial charge in [-0.05, 0) is 84.1 Å².